The molecule has 1 N–H and O–H groups in total. The molecule has 3 aromatic rings. The van der Waals surface area contributed by atoms with Gasteiger partial charge in [0.1, 0.15) is 0 Å². The highest BCUT2D eigenvalue weighted by Crippen LogP contribution is 2.30. The predicted octanol–water partition coefficient (Wildman–Crippen LogP) is 5.69. The highest BCUT2D eigenvalue weighted by atomic mass is 16.5. The Bertz CT molecular complexity index is 1260. The lowest BCUT2D eigenvalue weighted by Gasteiger charge is -2.31. The summed E-state index contributed by atoms with van der Waals surface area (Å²) in [6.45, 7) is 0.432. The zero-order valence-electron chi connectivity index (χ0n) is 22.3. The molecule has 6 nitrogen and oxygen atoms in total. The molecule has 0 saturated heterocycles. The Morgan fingerprint density at radius 2 is 1.53 bits per heavy atom. The molecular formula is C32H36N2O4. The molecule has 0 radical (unpaired) electrons. The molecule has 3 aromatic carbocycles. The molecule has 0 aliphatic heterocycles. The largest absolute Gasteiger partial charge is 0.466 e. The van der Waals surface area contributed by atoms with E-state index in [4.69, 9.17) is 4.74 Å². The van der Waals surface area contributed by atoms with E-state index in [0.29, 0.717) is 32.2 Å². The highest BCUT2D eigenvalue weighted by Gasteiger charge is 2.29. The van der Waals surface area contributed by atoms with E-state index < -0.39 is 5.97 Å². The average molecular weight is 513 g/mol. The van der Waals surface area contributed by atoms with Crippen molar-refractivity contribution in [2.24, 2.45) is 5.92 Å². The number of hydrogen-bond acceptors (Lipinski definition) is 5. The Morgan fingerprint density at radius 3 is 2.13 bits per heavy atom. The fourth-order valence-corrected chi connectivity index (χ4v) is 4.81. The first-order chi connectivity index (χ1) is 18.3. The summed E-state index contributed by atoms with van der Waals surface area (Å²) in [4.78, 5) is 29.2. The van der Waals surface area contributed by atoms with Crippen molar-refractivity contribution in [1.82, 2.24) is 0 Å². The lowest BCUT2D eigenvalue weighted by atomic mass is 9.86. The molecule has 6 heteroatoms. The molecule has 1 aliphatic carbocycles. The van der Waals surface area contributed by atoms with Crippen LogP contribution in [0.2, 0.25) is 0 Å². The number of amides is 1. The Labute approximate surface area is 225 Å². The maximum absolute atomic E-state index is 13.8. The molecule has 0 aromatic heterocycles. The van der Waals surface area contributed by atoms with E-state index in [9.17, 15) is 14.7 Å². The van der Waals surface area contributed by atoms with E-state index >= 15 is 0 Å². The van der Waals surface area contributed by atoms with Crippen LogP contribution in [0.15, 0.2) is 78.9 Å². The SMILES string of the molecule is COC(=O)/C=C/c1cccc(N(Cc2ccc(-c3ccc(N(C)C)cc3)cc2)C(=O)[C@H]2CC[C@H](O)CC2)c1. The third kappa shape index (κ3) is 6.90. The first-order valence-corrected chi connectivity index (χ1v) is 13.1. The van der Waals surface area contributed by atoms with Gasteiger partial charge in [-0.15, -0.1) is 0 Å². The number of methoxy groups -OCH3 is 1. The molecule has 1 amide bonds. The van der Waals surface area contributed by atoms with Gasteiger partial charge in [-0.05, 0) is 78.3 Å². The summed E-state index contributed by atoms with van der Waals surface area (Å²) in [7, 11) is 5.39. The summed E-state index contributed by atoms with van der Waals surface area (Å²) in [5, 5.41) is 9.95. The Kier molecular flexibility index (Phi) is 8.98. The number of benzene rings is 3. The van der Waals surface area contributed by atoms with Crippen molar-refractivity contribution < 1.29 is 19.4 Å². The molecular weight excluding hydrogens is 476 g/mol. The number of carbonyl (C=O) groups is 2. The van der Waals surface area contributed by atoms with Crippen molar-refractivity contribution in [2.45, 2.75) is 38.3 Å². The second-order valence-electron chi connectivity index (χ2n) is 10.0. The van der Waals surface area contributed by atoms with E-state index in [0.717, 1.165) is 33.6 Å². The van der Waals surface area contributed by atoms with Crippen molar-refractivity contribution in [3.8, 4) is 11.1 Å². The van der Waals surface area contributed by atoms with Crippen LogP contribution in [0.5, 0.6) is 0 Å². The van der Waals surface area contributed by atoms with Crippen molar-refractivity contribution in [3.05, 3.63) is 90.0 Å². The summed E-state index contributed by atoms with van der Waals surface area (Å²) < 4.78 is 4.70. The number of carbonyl (C=O) groups excluding carboxylic acids is 2. The van der Waals surface area contributed by atoms with Gasteiger partial charge in [0.2, 0.25) is 5.91 Å². The van der Waals surface area contributed by atoms with Gasteiger partial charge in [-0.2, -0.15) is 0 Å². The summed E-state index contributed by atoms with van der Waals surface area (Å²) >= 11 is 0. The molecule has 38 heavy (non-hydrogen) atoms. The van der Waals surface area contributed by atoms with Crippen molar-refractivity contribution in [3.63, 3.8) is 0 Å². The second kappa shape index (κ2) is 12.6. The van der Waals surface area contributed by atoms with Gasteiger partial charge >= 0.3 is 5.97 Å². The van der Waals surface area contributed by atoms with Crippen LogP contribution in [0.1, 0.15) is 36.8 Å². The van der Waals surface area contributed by atoms with E-state index in [1.165, 1.54) is 13.2 Å². The predicted molar refractivity (Wildman–Crippen MR) is 153 cm³/mol. The molecule has 198 valence electrons. The topological polar surface area (TPSA) is 70.1 Å². The van der Waals surface area contributed by atoms with Gasteiger partial charge in [-0.1, -0.05) is 48.5 Å². The van der Waals surface area contributed by atoms with Crippen molar-refractivity contribution >= 4 is 29.3 Å². The molecule has 4 rings (SSSR count). The molecule has 1 saturated carbocycles. The molecule has 0 heterocycles. The number of aliphatic hydroxyl groups is 1. The first-order valence-electron chi connectivity index (χ1n) is 13.1. The second-order valence-corrected chi connectivity index (χ2v) is 10.0. The van der Waals surface area contributed by atoms with Gasteiger partial charge in [0.25, 0.3) is 0 Å². The molecule has 1 aliphatic rings. The molecule has 0 unspecified atom stereocenters. The normalized spacial score (nSPS) is 17.3. The van der Waals surface area contributed by atoms with Crippen LogP contribution in [-0.4, -0.2) is 44.3 Å². The molecule has 0 atom stereocenters. The number of esters is 1. The number of anilines is 2. The number of aliphatic hydroxyl groups excluding tert-OH is 1. The zero-order valence-corrected chi connectivity index (χ0v) is 22.3. The Morgan fingerprint density at radius 1 is 0.895 bits per heavy atom. The molecule has 0 bridgehead atoms. The van der Waals surface area contributed by atoms with Crippen LogP contribution in [0.4, 0.5) is 11.4 Å². The van der Waals surface area contributed by atoms with Crippen LogP contribution in [0.25, 0.3) is 17.2 Å². The van der Waals surface area contributed by atoms with E-state index in [-0.39, 0.29) is 17.9 Å². The number of hydrogen-bond donors (Lipinski definition) is 1. The summed E-state index contributed by atoms with van der Waals surface area (Å²) in [5.74, 6) is -0.489. The minimum atomic E-state index is -0.430. The quantitative estimate of drug-likeness (QED) is 0.310. The maximum atomic E-state index is 13.8. The monoisotopic (exact) mass is 512 g/mol. The van der Waals surface area contributed by atoms with Crippen LogP contribution in [-0.2, 0) is 20.9 Å². The highest BCUT2D eigenvalue weighted by molar-refractivity contribution is 5.95. The summed E-state index contributed by atoms with van der Waals surface area (Å²) in [6, 6.07) is 24.4. The standard InChI is InChI=1S/C32H36N2O4/c1-33(2)28-16-12-26(13-17-28)25-10-7-24(8-11-25)22-34(32(37)27-14-18-30(35)19-15-27)29-6-4-5-23(21-29)9-20-31(36)38-3/h4-13,16-17,20-21,27,30,35H,14-15,18-19,22H2,1-3H3/b20-9+/t27-,30-. The van der Waals surface area contributed by atoms with E-state index in [1.54, 1.807) is 6.08 Å². The van der Waals surface area contributed by atoms with Gasteiger partial charge in [-0.3, -0.25) is 4.79 Å². The number of rotatable bonds is 8. The lowest BCUT2D eigenvalue weighted by molar-refractivity contribution is -0.134. The van der Waals surface area contributed by atoms with E-state index in [2.05, 4.69) is 53.4 Å². The van der Waals surface area contributed by atoms with Gasteiger partial charge in [0, 0.05) is 37.5 Å². The first kappa shape index (κ1) is 27.1. The number of nitrogens with zero attached hydrogens (tertiary/aromatic N) is 2. The Balaban J connectivity index is 1.58. The molecule has 1 fully saturated rings. The Hall–Kier alpha value is -3.90. The van der Waals surface area contributed by atoms with Crippen molar-refractivity contribution in [1.29, 1.82) is 0 Å². The minimum Gasteiger partial charge on any atom is -0.466 e. The summed E-state index contributed by atoms with van der Waals surface area (Å²) in [5.41, 5.74) is 6.02. The van der Waals surface area contributed by atoms with Crippen LogP contribution < -0.4 is 9.80 Å². The van der Waals surface area contributed by atoms with Crippen molar-refractivity contribution in [2.75, 3.05) is 31.0 Å². The fourth-order valence-electron chi connectivity index (χ4n) is 4.81. The van der Waals surface area contributed by atoms with Gasteiger partial charge in [-0.25, -0.2) is 4.79 Å². The van der Waals surface area contributed by atoms with Crippen LogP contribution in [0, 0.1) is 5.92 Å². The van der Waals surface area contributed by atoms with Crippen LogP contribution in [0.3, 0.4) is 0 Å². The van der Waals surface area contributed by atoms with E-state index in [1.807, 2.05) is 43.3 Å². The zero-order chi connectivity index (χ0) is 27.1. The third-order valence-electron chi connectivity index (χ3n) is 7.12. The number of ether oxygens (including phenoxy) is 1. The minimum absolute atomic E-state index is 0.0642. The smallest absolute Gasteiger partial charge is 0.330 e. The van der Waals surface area contributed by atoms with Gasteiger partial charge in [0.05, 0.1) is 19.8 Å². The summed E-state index contributed by atoms with van der Waals surface area (Å²) in [6.07, 6.45) is 5.39. The lowest BCUT2D eigenvalue weighted by Crippen LogP contribution is -2.38. The molecule has 0 spiro atoms. The van der Waals surface area contributed by atoms with Crippen LogP contribution >= 0.6 is 0 Å². The maximum Gasteiger partial charge on any atom is 0.330 e. The average Bonchev–Trinajstić information content (AvgIpc) is 2.95. The fraction of sp³-hybridized carbons (Fsp3) is 0.312. The third-order valence-corrected chi connectivity index (χ3v) is 7.12. The van der Waals surface area contributed by atoms with Gasteiger partial charge in [0.15, 0.2) is 0 Å². The van der Waals surface area contributed by atoms with Gasteiger partial charge < -0.3 is 19.6 Å².